The molecule has 1 saturated heterocycles. The molecular weight excluding hydrogens is 348 g/mol. The van der Waals surface area contributed by atoms with E-state index in [1.807, 2.05) is 4.90 Å². The van der Waals surface area contributed by atoms with E-state index in [0.29, 0.717) is 43.8 Å². The molecule has 1 saturated carbocycles. The number of aromatic nitrogens is 2. The summed E-state index contributed by atoms with van der Waals surface area (Å²) < 4.78 is 0. The summed E-state index contributed by atoms with van der Waals surface area (Å²) in [5.74, 6) is 0.457. The van der Waals surface area contributed by atoms with Gasteiger partial charge in [0.25, 0.3) is 5.56 Å². The van der Waals surface area contributed by atoms with Crippen LogP contribution in [0.4, 0.5) is 0 Å². The van der Waals surface area contributed by atoms with Crippen LogP contribution in [0.2, 0.25) is 0 Å². The lowest BCUT2D eigenvalue weighted by Gasteiger charge is -2.35. The Morgan fingerprint density at radius 2 is 1.93 bits per heavy atom. The molecule has 8 nitrogen and oxygen atoms in total. The predicted molar refractivity (Wildman–Crippen MR) is 100 cm³/mol. The number of piperidine rings is 1. The molecule has 0 bridgehead atoms. The lowest BCUT2D eigenvalue weighted by molar-refractivity contribution is -0.139. The lowest BCUT2D eigenvalue weighted by atomic mass is 9.87. The number of aromatic amines is 2. The van der Waals surface area contributed by atoms with Crippen LogP contribution < -0.4 is 16.6 Å². The lowest BCUT2D eigenvalue weighted by Crippen LogP contribution is -2.47. The van der Waals surface area contributed by atoms with Crippen molar-refractivity contribution >= 4 is 11.8 Å². The van der Waals surface area contributed by atoms with Gasteiger partial charge in [0.05, 0.1) is 5.92 Å². The van der Waals surface area contributed by atoms with Gasteiger partial charge in [-0.1, -0.05) is 19.3 Å². The molecule has 2 heterocycles. The van der Waals surface area contributed by atoms with Crippen LogP contribution in [-0.4, -0.2) is 46.3 Å². The van der Waals surface area contributed by atoms with Crippen molar-refractivity contribution in [1.82, 2.24) is 20.2 Å². The van der Waals surface area contributed by atoms with E-state index in [1.165, 1.54) is 38.3 Å². The molecule has 0 radical (unpaired) electrons. The summed E-state index contributed by atoms with van der Waals surface area (Å²) in [7, 11) is 0. The smallest absolute Gasteiger partial charge is 0.325 e. The molecule has 1 aliphatic heterocycles. The van der Waals surface area contributed by atoms with Crippen LogP contribution in [0.15, 0.2) is 15.8 Å². The van der Waals surface area contributed by atoms with E-state index in [4.69, 9.17) is 0 Å². The van der Waals surface area contributed by atoms with Gasteiger partial charge < -0.3 is 15.2 Å². The molecule has 1 aliphatic carbocycles. The first-order chi connectivity index (χ1) is 13.0. The largest absolute Gasteiger partial charge is 0.355 e. The summed E-state index contributed by atoms with van der Waals surface area (Å²) in [6.45, 7) is 1.58. The van der Waals surface area contributed by atoms with Gasteiger partial charge >= 0.3 is 5.69 Å². The standard InChI is InChI=1S/C19H28N4O4/c24-16-7-6-15(12-23(16)11-13-4-2-1-3-5-13)17(25)20-9-8-14-10-21-19(27)22-18(14)26/h10,13,15H,1-9,11-12H2,(H,20,25)(H2,21,22,26,27)/t15-/m1/s1. The molecule has 27 heavy (non-hydrogen) atoms. The first kappa shape index (κ1) is 19.4. The second-order valence-corrected chi connectivity index (χ2v) is 7.68. The Kier molecular flexibility index (Phi) is 6.47. The number of nitrogens with one attached hydrogen (secondary N) is 3. The van der Waals surface area contributed by atoms with E-state index in [2.05, 4.69) is 15.3 Å². The number of hydrogen-bond acceptors (Lipinski definition) is 4. The van der Waals surface area contributed by atoms with Crippen LogP contribution in [0.25, 0.3) is 0 Å². The fourth-order valence-electron chi connectivity index (χ4n) is 4.07. The highest BCUT2D eigenvalue weighted by Gasteiger charge is 2.31. The van der Waals surface area contributed by atoms with E-state index in [-0.39, 0.29) is 17.7 Å². The van der Waals surface area contributed by atoms with Crippen molar-refractivity contribution < 1.29 is 9.59 Å². The van der Waals surface area contributed by atoms with Gasteiger partial charge in [0.1, 0.15) is 0 Å². The summed E-state index contributed by atoms with van der Waals surface area (Å²) in [6, 6.07) is 0. The second kappa shape index (κ2) is 9.01. The molecule has 2 amide bonds. The fourth-order valence-corrected chi connectivity index (χ4v) is 4.07. The Morgan fingerprint density at radius 3 is 2.67 bits per heavy atom. The number of carbonyl (C=O) groups is 2. The molecule has 1 atom stereocenters. The zero-order valence-electron chi connectivity index (χ0n) is 15.6. The van der Waals surface area contributed by atoms with Crippen LogP contribution in [0.1, 0.15) is 50.5 Å². The average molecular weight is 376 g/mol. The summed E-state index contributed by atoms with van der Waals surface area (Å²) in [4.78, 5) is 53.8. The third-order valence-corrected chi connectivity index (χ3v) is 5.66. The highest BCUT2D eigenvalue weighted by atomic mass is 16.2. The summed E-state index contributed by atoms with van der Waals surface area (Å²) >= 11 is 0. The van der Waals surface area contributed by atoms with Crippen molar-refractivity contribution in [2.75, 3.05) is 19.6 Å². The molecule has 0 unspecified atom stereocenters. The van der Waals surface area contributed by atoms with Crippen molar-refractivity contribution in [2.24, 2.45) is 11.8 Å². The summed E-state index contributed by atoms with van der Waals surface area (Å²) in [6.07, 6.45) is 8.82. The first-order valence-electron chi connectivity index (χ1n) is 9.89. The Labute approximate surface area is 157 Å². The third kappa shape index (κ3) is 5.30. The Morgan fingerprint density at radius 1 is 1.15 bits per heavy atom. The number of nitrogens with zero attached hydrogens (tertiary/aromatic N) is 1. The molecule has 0 aromatic carbocycles. The van der Waals surface area contributed by atoms with E-state index in [9.17, 15) is 19.2 Å². The first-order valence-corrected chi connectivity index (χ1v) is 9.89. The topological polar surface area (TPSA) is 115 Å². The SMILES string of the molecule is O=C(NCCc1c[nH]c(=O)[nH]c1=O)[C@@H]1CCC(=O)N(CC2CCCCC2)C1. The third-order valence-electron chi connectivity index (χ3n) is 5.66. The molecule has 2 aliphatic rings. The van der Waals surface area contributed by atoms with Crippen LogP contribution in [0.3, 0.4) is 0 Å². The predicted octanol–water partition coefficient (Wildman–Crippen LogP) is 0.541. The van der Waals surface area contributed by atoms with Gasteiger partial charge in [0.2, 0.25) is 11.8 Å². The molecule has 1 aromatic heterocycles. The zero-order chi connectivity index (χ0) is 19.2. The number of hydrogen-bond donors (Lipinski definition) is 3. The normalized spacial score (nSPS) is 21.3. The quantitative estimate of drug-likeness (QED) is 0.672. The molecule has 0 spiro atoms. The maximum Gasteiger partial charge on any atom is 0.325 e. The van der Waals surface area contributed by atoms with E-state index in [1.54, 1.807) is 0 Å². The van der Waals surface area contributed by atoms with Crippen molar-refractivity contribution in [3.8, 4) is 0 Å². The summed E-state index contributed by atoms with van der Waals surface area (Å²) in [5, 5.41) is 2.86. The van der Waals surface area contributed by atoms with Gasteiger partial charge in [0.15, 0.2) is 0 Å². The minimum Gasteiger partial charge on any atom is -0.355 e. The highest BCUT2D eigenvalue weighted by Crippen LogP contribution is 2.27. The van der Waals surface area contributed by atoms with Crippen molar-refractivity contribution in [1.29, 1.82) is 0 Å². The molecule has 2 fully saturated rings. The van der Waals surface area contributed by atoms with Gasteiger partial charge in [-0.2, -0.15) is 0 Å². The van der Waals surface area contributed by atoms with Gasteiger partial charge in [-0.05, 0) is 31.6 Å². The molecule has 3 N–H and O–H groups in total. The average Bonchev–Trinajstić information content (AvgIpc) is 2.66. The molecule has 3 rings (SSSR count). The second-order valence-electron chi connectivity index (χ2n) is 7.68. The van der Waals surface area contributed by atoms with E-state index < -0.39 is 11.2 Å². The van der Waals surface area contributed by atoms with Crippen LogP contribution in [-0.2, 0) is 16.0 Å². The molecule has 1 aromatic rings. The highest BCUT2D eigenvalue weighted by molar-refractivity contribution is 5.83. The van der Waals surface area contributed by atoms with Crippen molar-refractivity contribution in [3.05, 3.63) is 32.6 Å². The number of rotatable bonds is 6. The van der Waals surface area contributed by atoms with E-state index >= 15 is 0 Å². The molecular formula is C19H28N4O4. The fraction of sp³-hybridized carbons (Fsp3) is 0.684. The number of carbonyl (C=O) groups excluding carboxylic acids is 2. The minimum atomic E-state index is -0.544. The van der Waals surface area contributed by atoms with Crippen molar-refractivity contribution in [2.45, 2.75) is 51.4 Å². The maximum atomic E-state index is 12.5. The summed E-state index contributed by atoms with van der Waals surface area (Å²) in [5.41, 5.74) is -0.555. The van der Waals surface area contributed by atoms with Crippen LogP contribution in [0, 0.1) is 11.8 Å². The Balaban J connectivity index is 1.48. The number of likely N-dealkylation sites (tertiary alicyclic amines) is 1. The van der Waals surface area contributed by atoms with Crippen LogP contribution >= 0.6 is 0 Å². The molecule has 148 valence electrons. The Hall–Kier alpha value is -2.38. The Bertz CT molecular complexity index is 778. The van der Waals surface area contributed by atoms with Gasteiger partial charge in [0, 0.05) is 37.8 Å². The minimum absolute atomic E-state index is 0.0722. The van der Waals surface area contributed by atoms with E-state index in [0.717, 1.165) is 6.54 Å². The van der Waals surface area contributed by atoms with Crippen molar-refractivity contribution in [3.63, 3.8) is 0 Å². The van der Waals surface area contributed by atoms with Gasteiger partial charge in [-0.25, -0.2) is 4.79 Å². The zero-order valence-corrected chi connectivity index (χ0v) is 15.6. The number of amides is 2. The maximum absolute atomic E-state index is 12.5. The molecule has 8 heteroatoms. The van der Waals surface area contributed by atoms with Crippen LogP contribution in [0.5, 0.6) is 0 Å². The van der Waals surface area contributed by atoms with Gasteiger partial charge in [-0.15, -0.1) is 0 Å². The monoisotopic (exact) mass is 376 g/mol. The number of H-pyrrole nitrogens is 2. The van der Waals surface area contributed by atoms with Gasteiger partial charge in [-0.3, -0.25) is 19.4 Å².